The molecule has 4 amide bonds. The predicted molar refractivity (Wildman–Crippen MR) is 153 cm³/mol. The van der Waals surface area contributed by atoms with E-state index in [0.29, 0.717) is 39.6 Å². The van der Waals surface area contributed by atoms with Crippen LogP contribution < -0.4 is 0 Å². The number of nitrogens with zero attached hydrogens (tertiary/aromatic N) is 2. The first-order chi connectivity index (χ1) is 18.9. The van der Waals surface area contributed by atoms with Crippen molar-refractivity contribution in [2.45, 2.75) is 39.5 Å². The largest absolute Gasteiger partial charge is 0.277 e. The van der Waals surface area contributed by atoms with E-state index in [1.165, 1.54) is 11.9 Å². The minimum absolute atomic E-state index is 0.235. The Labute approximate surface area is 225 Å². The average Bonchev–Trinajstić information content (AvgIpc) is 2.96. The van der Waals surface area contributed by atoms with E-state index in [1.807, 2.05) is 36.4 Å². The van der Waals surface area contributed by atoms with Gasteiger partial charge in [0, 0.05) is 46.6 Å². The number of rotatable bonds is 6. The van der Waals surface area contributed by atoms with Gasteiger partial charge in [0.05, 0.1) is 0 Å². The molecule has 5 aromatic rings. The summed E-state index contributed by atoms with van der Waals surface area (Å²) in [7, 11) is 1.51. The molecule has 0 saturated carbocycles. The molecule has 0 spiro atoms. The number of carbonyl (C=O) groups excluding carboxylic acids is 4. The van der Waals surface area contributed by atoms with Crippen LogP contribution in [-0.2, 0) is 0 Å². The normalized spacial score (nSPS) is 16.1. The van der Waals surface area contributed by atoms with Gasteiger partial charge in [0.1, 0.15) is 0 Å². The SMILES string of the molecule is CCCCC(CC)CN1C(=O)c2ccc3c4ccc5c6c(ccc(c7ccc(c2c37)C1=O)c64)C(=O)N(C)C5=O. The van der Waals surface area contributed by atoms with Crippen LogP contribution >= 0.6 is 0 Å². The molecule has 0 bridgehead atoms. The molecule has 2 aliphatic heterocycles. The topological polar surface area (TPSA) is 74.8 Å². The monoisotopic (exact) mass is 516 g/mol. The van der Waals surface area contributed by atoms with Crippen LogP contribution in [0.2, 0.25) is 0 Å². The van der Waals surface area contributed by atoms with Gasteiger partial charge in [-0.1, -0.05) is 57.4 Å². The Balaban J connectivity index is 1.50. The zero-order valence-corrected chi connectivity index (χ0v) is 22.3. The van der Waals surface area contributed by atoms with Crippen LogP contribution in [-0.4, -0.2) is 47.0 Å². The van der Waals surface area contributed by atoms with Gasteiger partial charge in [-0.25, -0.2) is 0 Å². The van der Waals surface area contributed by atoms with Gasteiger partial charge < -0.3 is 0 Å². The van der Waals surface area contributed by atoms with Crippen molar-refractivity contribution in [1.82, 2.24) is 9.80 Å². The van der Waals surface area contributed by atoms with E-state index in [-0.39, 0.29) is 29.5 Å². The minimum Gasteiger partial charge on any atom is -0.277 e. The van der Waals surface area contributed by atoms with E-state index < -0.39 is 0 Å². The lowest BCUT2D eigenvalue weighted by Gasteiger charge is -2.31. The van der Waals surface area contributed by atoms with Gasteiger partial charge in [-0.2, -0.15) is 0 Å². The van der Waals surface area contributed by atoms with E-state index in [4.69, 9.17) is 0 Å². The maximum Gasteiger partial charge on any atom is 0.261 e. The van der Waals surface area contributed by atoms with Crippen LogP contribution in [0.4, 0.5) is 0 Å². The highest BCUT2D eigenvalue weighted by Crippen LogP contribution is 2.46. The first-order valence-corrected chi connectivity index (χ1v) is 13.8. The molecular formula is C33H28N2O4. The Hall–Kier alpha value is -4.32. The Bertz CT molecular complexity index is 1800. The van der Waals surface area contributed by atoms with E-state index in [2.05, 4.69) is 13.8 Å². The number of fused-ring (bicyclic) bond motifs is 2. The molecule has 0 radical (unpaired) electrons. The van der Waals surface area contributed by atoms with Crippen molar-refractivity contribution in [1.29, 1.82) is 0 Å². The van der Waals surface area contributed by atoms with Gasteiger partial charge >= 0.3 is 0 Å². The Morgan fingerprint density at radius 1 is 0.590 bits per heavy atom. The fourth-order valence-corrected chi connectivity index (χ4v) is 6.78. The molecule has 0 fully saturated rings. The molecule has 194 valence electrons. The van der Waals surface area contributed by atoms with Crippen molar-refractivity contribution in [2.75, 3.05) is 13.6 Å². The third-order valence-corrected chi connectivity index (χ3v) is 8.91. The molecule has 39 heavy (non-hydrogen) atoms. The van der Waals surface area contributed by atoms with Crippen molar-refractivity contribution in [3.63, 3.8) is 0 Å². The summed E-state index contributed by atoms with van der Waals surface area (Å²) < 4.78 is 0. The maximum atomic E-state index is 13.8. The number of amides is 4. The smallest absolute Gasteiger partial charge is 0.261 e. The summed E-state index contributed by atoms with van der Waals surface area (Å²) in [5.41, 5.74) is 2.13. The number of imide groups is 2. The van der Waals surface area contributed by atoms with Gasteiger partial charge in [-0.3, -0.25) is 29.0 Å². The fourth-order valence-electron chi connectivity index (χ4n) is 6.78. The quantitative estimate of drug-likeness (QED) is 0.142. The molecule has 0 N–H and O–H groups in total. The van der Waals surface area contributed by atoms with Crippen LogP contribution in [0.3, 0.4) is 0 Å². The van der Waals surface area contributed by atoms with E-state index in [1.54, 1.807) is 12.1 Å². The van der Waals surface area contributed by atoms with Crippen molar-refractivity contribution < 1.29 is 19.2 Å². The van der Waals surface area contributed by atoms with Crippen LogP contribution in [0.1, 0.15) is 81.0 Å². The summed E-state index contributed by atoms with van der Waals surface area (Å²) in [6.45, 7) is 4.70. The number of carbonyl (C=O) groups is 4. The molecule has 6 nitrogen and oxygen atoms in total. The fraction of sp³-hybridized carbons (Fsp3) is 0.273. The molecular weight excluding hydrogens is 488 g/mol. The Morgan fingerprint density at radius 2 is 1.00 bits per heavy atom. The zero-order chi connectivity index (χ0) is 27.2. The van der Waals surface area contributed by atoms with Gasteiger partial charge in [-0.05, 0) is 68.9 Å². The predicted octanol–water partition coefficient (Wildman–Crippen LogP) is 6.78. The highest BCUT2D eigenvalue weighted by Gasteiger charge is 2.36. The number of benzene rings is 5. The first-order valence-electron chi connectivity index (χ1n) is 13.8. The number of unbranched alkanes of at least 4 members (excludes halogenated alkanes) is 1. The van der Waals surface area contributed by atoms with Gasteiger partial charge in [0.15, 0.2) is 0 Å². The first kappa shape index (κ1) is 23.8. The Morgan fingerprint density at radius 3 is 1.38 bits per heavy atom. The zero-order valence-electron chi connectivity index (χ0n) is 22.3. The summed E-state index contributed by atoms with van der Waals surface area (Å²) in [5, 5.41) is 6.74. The van der Waals surface area contributed by atoms with Crippen LogP contribution in [0.15, 0.2) is 48.5 Å². The molecule has 2 aliphatic rings. The molecule has 7 rings (SSSR count). The molecule has 1 atom stereocenters. The number of hydrogen-bond acceptors (Lipinski definition) is 4. The molecule has 5 aromatic carbocycles. The third-order valence-electron chi connectivity index (χ3n) is 8.91. The minimum atomic E-state index is -0.312. The number of hydrogen-bond donors (Lipinski definition) is 0. The van der Waals surface area contributed by atoms with E-state index in [9.17, 15) is 19.2 Å². The van der Waals surface area contributed by atoms with Crippen molar-refractivity contribution in [3.8, 4) is 0 Å². The van der Waals surface area contributed by atoms with Gasteiger partial charge in [-0.15, -0.1) is 0 Å². The molecule has 0 saturated heterocycles. The van der Waals surface area contributed by atoms with Crippen LogP contribution in [0, 0.1) is 5.92 Å². The Kier molecular flexibility index (Phi) is 5.08. The summed E-state index contributed by atoms with van der Waals surface area (Å²) in [5.74, 6) is -0.813. The van der Waals surface area contributed by atoms with Gasteiger partial charge in [0.2, 0.25) is 0 Å². The standard InChI is InChI=1S/C33H28N2O4/c1-4-6-7-17(5-2)16-35-32(38)24-14-10-20-18-8-12-22-28-23(31(37)34(3)30(22)36)13-9-19(26(18)28)21-11-15-25(33(35)39)29(24)27(20)21/h8-15,17H,4-7,16H2,1-3H3. The summed E-state index contributed by atoms with van der Waals surface area (Å²) >= 11 is 0. The second-order valence-electron chi connectivity index (χ2n) is 10.9. The van der Waals surface area contributed by atoms with Crippen molar-refractivity contribution >= 4 is 66.7 Å². The molecule has 6 heteroatoms. The van der Waals surface area contributed by atoms with E-state index in [0.717, 1.165) is 62.9 Å². The molecule has 2 heterocycles. The van der Waals surface area contributed by atoms with Crippen LogP contribution in [0.5, 0.6) is 0 Å². The summed E-state index contributed by atoms with van der Waals surface area (Å²) in [6.07, 6.45) is 4.08. The third kappa shape index (κ3) is 3.03. The van der Waals surface area contributed by atoms with Crippen molar-refractivity contribution in [3.05, 3.63) is 70.8 Å². The van der Waals surface area contributed by atoms with Crippen molar-refractivity contribution in [2.24, 2.45) is 5.92 Å². The lowest BCUT2D eigenvalue weighted by molar-refractivity contribution is 0.0577. The summed E-state index contributed by atoms with van der Waals surface area (Å²) in [4.78, 5) is 56.1. The van der Waals surface area contributed by atoms with Crippen LogP contribution in [0.25, 0.3) is 43.1 Å². The highest BCUT2D eigenvalue weighted by atomic mass is 16.2. The lowest BCUT2D eigenvalue weighted by Crippen LogP contribution is -2.43. The second kappa shape index (κ2) is 8.34. The average molecular weight is 517 g/mol. The molecule has 1 unspecified atom stereocenters. The van der Waals surface area contributed by atoms with Gasteiger partial charge in [0.25, 0.3) is 23.6 Å². The lowest BCUT2D eigenvalue weighted by atomic mass is 9.82. The maximum absolute atomic E-state index is 13.8. The van der Waals surface area contributed by atoms with E-state index >= 15 is 0 Å². The molecule has 0 aliphatic carbocycles. The highest BCUT2D eigenvalue weighted by molar-refractivity contribution is 6.41. The molecule has 0 aromatic heterocycles. The second-order valence-corrected chi connectivity index (χ2v) is 10.9. The summed E-state index contributed by atoms with van der Waals surface area (Å²) in [6, 6.07) is 15.0.